The highest BCUT2D eigenvalue weighted by Crippen LogP contribution is 2.31. The molecule has 2 aromatic rings. The quantitative estimate of drug-likeness (QED) is 0.742. The van der Waals surface area contributed by atoms with Crippen molar-refractivity contribution < 1.29 is 9.59 Å². The van der Waals surface area contributed by atoms with Crippen LogP contribution in [0.1, 0.15) is 36.3 Å². The number of rotatable bonds is 5. The van der Waals surface area contributed by atoms with Crippen molar-refractivity contribution in [3.8, 4) is 0 Å². The molecular formula is C21H25N5O4. The van der Waals surface area contributed by atoms with E-state index in [1.165, 1.54) is 18.7 Å². The number of nitrogens with one attached hydrogen (secondary N) is 2. The van der Waals surface area contributed by atoms with Gasteiger partial charge in [-0.25, -0.2) is 4.79 Å². The lowest BCUT2D eigenvalue weighted by Crippen LogP contribution is -2.39. The molecular weight excluding hydrogens is 386 g/mol. The van der Waals surface area contributed by atoms with Gasteiger partial charge in [-0.15, -0.1) is 0 Å². The molecule has 1 aromatic carbocycles. The molecule has 1 saturated heterocycles. The van der Waals surface area contributed by atoms with E-state index in [4.69, 9.17) is 0 Å². The van der Waals surface area contributed by atoms with Crippen LogP contribution in [0.3, 0.4) is 0 Å². The van der Waals surface area contributed by atoms with Crippen LogP contribution in [-0.2, 0) is 30.2 Å². The van der Waals surface area contributed by atoms with Gasteiger partial charge in [0.05, 0.1) is 11.5 Å². The second-order valence-corrected chi connectivity index (χ2v) is 7.81. The molecule has 1 atom stereocenters. The van der Waals surface area contributed by atoms with Gasteiger partial charge in [0.2, 0.25) is 11.8 Å². The van der Waals surface area contributed by atoms with Crippen molar-refractivity contribution in [3.63, 3.8) is 0 Å². The second-order valence-electron chi connectivity index (χ2n) is 7.81. The molecule has 1 aromatic heterocycles. The maximum atomic E-state index is 12.6. The zero-order valence-corrected chi connectivity index (χ0v) is 17.1. The zero-order chi connectivity index (χ0) is 21.4. The molecule has 4 rings (SSSR count). The summed E-state index contributed by atoms with van der Waals surface area (Å²) in [6.07, 6.45) is 2.17. The van der Waals surface area contributed by atoms with Gasteiger partial charge in [0.25, 0.3) is 5.56 Å². The predicted molar refractivity (Wildman–Crippen MR) is 113 cm³/mol. The molecule has 0 saturated carbocycles. The third kappa shape index (κ3) is 3.40. The van der Waals surface area contributed by atoms with E-state index in [0.29, 0.717) is 6.54 Å². The molecule has 9 nitrogen and oxygen atoms in total. The molecule has 0 aliphatic carbocycles. The first-order valence-electron chi connectivity index (χ1n) is 10.1. The number of amides is 2. The highest BCUT2D eigenvalue weighted by Gasteiger charge is 2.37. The van der Waals surface area contributed by atoms with Gasteiger partial charge in [0, 0.05) is 45.8 Å². The van der Waals surface area contributed by atoms with E-state index in [-0.39, 0.29) is 23.7 Å². The Morgan fingerprint density at radius 2 is 1.80 bits per heavy atom. The first-order valence-corrected chi connectivity index (χ1v) is 10.1. The van der Waals surface area contributed by atoms with E-state index in [2.05, 4.69) is 21.6 Å². The Bertz CT molecular complexity index is 1130. The summed E-state index contributed by atoms with van der Waals surface area (Å²) in [5.41, 5.74) is 1.22. The summed E-state index contributed by atoms with van der Waals surface area (Å²) in [4.78, 5) is 52.0. The van der Waals surface area contributed by atoms with E-state index >= 15 is 0 Å². The van der Waals surface area contributed by atoms with Gasteiger partial charge < -0.3 is 15.5 Å². The number of carbonyl (C=O) groups is 2. The number of benzene rings is 1. The maximum Gasteiger partial charge on any atom is 0.332 e. The van der Waals surface area contributed by atoms with Crippen LogP contribution in [0.5, 0.6) is 0 Å². The Kier molecular flexibility index (Phi) is 5.19. The van der Waals surface area contributed by atoms with Crippen LogP contribution < -0.4 is 26.8 Å². The number of para-hydroxylation sites is 1. The van der Waals surface area contributed by atoms with Gasteiger partial charge >= 0.3 is 5.69 Å². The fourth-order valence-electron chi connectivity index (χ4n) is 4.24. The van der Waals surface area contributed by atoms with Crippen molar-refractivity contribution in [1.82, 2.24) is 14.5 Å². The second kappa shape index (κ2) is 7.81. The van der Waals surface area contributed by atoms with Crippen molar-refractivity contribution in [1.29, 1.82) is 0 Å². The van der Waals surface area contributed by atoms with Crippen molar-refractivity contribution >= 4 is 23.3 Å². The van der Waals surface area contributed by atoms with Gasteiger partial charge in [-0.3, -0.25) is 23.5 Å². The van der Waals surface area contributed by atoms with E-state index in [1.807, 2.05) is 18.2 Å². The Balaban J connectivity index is 1.50. The van der Waals surface area contributed by atoms with Crippen LogP contribution >= 0.6 is 0 Å². The normalized spacial score (nSPS) is 17.7. The van der Waals surface area contributed by atoms with Gasteiger partial charge in [0.15, 0.2) is 0 Å². The monoisotopic (exact) mass is 411 g/mol. The predicted octanol–water partition coefficient (Wildman–Crippen LogP) is 0.426. The van der Waals surface area contributed by atoms with Crippen LogP contribution in [0.25, 0.3) is 0 Å². The Morgan fingerprint density at radius 1 is 1.10 bits per heavy atom. The summed E-state index contributed by atoms with van der Waals surface area (Å²) >= 11 is 0. The lowest BCUT2D eigenvalue weighted by Gasteiger charge is -2.21. The number of nitrogens with zero attached hydrogens (tertiary/aromatic N) is 3. The van der Waals surface area contributed by atoms with E-state index in [0.717, 1.165) is 41.7 Å². The van der Waals surface area contributed by atoms with E-state index < -0.39 is 23.1 Å². The summed E-state index contributed by atoms with van der Waals surface area (Å²) in [5.74, 6) is -1.52. The summed E-state index contributed by atoms with van der Waals surface area (Å²) < 4.78 is 2.18. The minimum absolute atomic E-state index is 0.155. The fraction of sp³-hybridized carbons (Fsp3) is 0.429. The number of fused-ring (bicyclic) bond motifs is 1. The topological polar surface area (TPSA) is 105 Å². The number of hydrogen-bond donors (Lipinski definition) is 2. The Hall–Kier alpha value is -3.36. The van der Waals surface area contributed by atoms with Crippen LogP contribution in [0.15, 0.2) is 33.9 Å². The maximum absolute atomic E-state index is 12.6. The molecule has 2 amide bonds. The average molecular weight is 411 g/mol. The molecule has 2 aliphatic heterocycles. The smallest absolute Gasteiger partial charge is 0.332 e. The van der Waals surface area contributed by atoms with Crippen LogP contribution in [-0.4, -0.2) is 34.0 Å². The molecule has 2 aliphatic rings. The van der Waals surface area contributed by atoms with E-state index in [1.54, 1.807) is 0 Å². The molecule has 0 unspecified atom stereocenters. The highest BCUT2D eigenvalue weighted by atomic mass is 16.2. The molecule has 0 radical (unpaired) electrons. The molecule has 1 fully saturated rings. The standard InChI is InChI=1S/C21H25N5O4/c1-24-18-17(20(29)25(2)21(24)30)14(19(28)23-18)11-16(27)22-12-13-7-3-4-8-15(13)26-9-5-6-10-26/h3-4,7-8,14H,5-6,9-12H2,1-2H3,(H,22,27)(H,23,28)/t14-/m1/s1. The minimum atomic E-state index is -0.917. The number of anilines is 2. The fourth-order valence-corrected chi connectivity index (χ4v) is 4.24. The molecule has 158 valence electrons. The van der Waals surface area contributed by atoms with Crippen LogP contribution in [0.4, 0.5) is 11.5 Å². The number of carbonyl (C=O) groups excluding carboxylic acids is 2. The SMILES string of the molecule is Cn1c2c(c(=O)n(C)c1=O)[C@@H](CC(=O)NCc1ccccc1N1CCCC1)C(=O)N2. The van der Waals surface area contributed by atoms with Crippen molar-refractivity contribution in [2.45, 2.75) is 31.7 Å². The molecule has 0 spiro atoms. The number of aromatic nitrogens is 2. The van der Waals surface area contributed by atoms with Gasteiger partial charge in [-0.1, -0.05) is 18.2 Å². The van der Waals surface area contributed by atoms with Crippen molar-refractivity contribution in [2.24, 2.45) is 14.1 Å². The summed E-state index contributed by atoms with van der Waals surface area (Å²) in [5, 5.41) is 5.45. The van der Waals surface area contributed by atoms with Gasteiger partial charge in [0.1, 0.15) is 5.82 Å². The highest BCUT2D eigenvalue weighted by molar-refractivity contribution is 6.03. The first-order chi connectivity index (χ1) is 14.4. The van der Waals surface area contributed by atoms with Crippen molar-refractivity contribution in [2.75, 3.05) is 23.3 Å². The van der Waals surface area contributed by atoms with E-state index in [9.17, 15) is 19.2 Å². The lowest BCUT2D eigenvalue weighted by atomic mass is 9.99. The summed E-state index contributed by atoms with van der Waals surface area (Å²) in [6, 6.07) is 7.96. The lowest BCUT2D eigenvalue weighted by molar-refractivity contribution is -0.125. The molecule has 9 heteroatoms. The Labute approximate surface area is 173 Å². The molecule has 2 N–H and O–H groups in total. The Morgan fingerprint density at radius 3 is 2.53 bits per heavy atom. The molecule has 30 heavy (non-hydrogen) atoms. The van der Waals surface area contributed by atoms with Crippen LogP contribution in [0, 0.1) is 0 Å². The third-order valence-electron chi connectivity index (χ3n) is 5.91. The van der Waals surface area contributed by atoms with Crippen molar-refractivity contribution in [3.05, 3.63) is 56.2 Å². The summed E-state index contributed by atoms with van der Waals surface area (Å²) in [7, 11) is 2.85. The van der Waals surface area contributed by atoms with Gasteiger partial charge in [-0.2, -0.15) is 0 Å². The summed E-state index contributed by atoms with van der Waals surface area (Å²) in [6.45, 7) is 2.36. The average Bonchev–Trinajstić information content (AvgIpc) is 3.38. The number of hydrogen-bond acceptors (Lipinski definition) is 5. The minimum Gasteiger partial charge on any atom is -0.371 e. The molecule has 3 heterocycles. The first kappa shape index (κ1) is 19.9. The third-order valence-corrected chi connectivity index (χ3v) is 5.91. The van der Waals surface area contributed by atoms with Crippen LogP contribution in [0.2, 0.25) is 0 Å². The molecule has 0 bridgehead atoms. The van der Waals surface area contributed by atoms with Gasteiger partial charge in [-0.05, 0) is 24.5 Å². The largest absolute Gasteiger partial charge is 0.371 e. The zero-order valence-electron chi connectivity index (χ0n) is 17.1.